The zero-order valence-corrected chi connectivity index (χ0v) is 15.1. The summed E-state index contributed by atoms with van der Waals surface area (Å²) in [5, 5.41) is 25.9. The molecule has 0 unspecified atom stereocenters. The van der Waals surface area contributed by atoms with E-state index in [0.717, 1.165) is 12.3 Å². The molecule has 0 heterocycles. The number of nitrogens with zero attached hydrogens (tertiary/aromatic N) is 2. The third kappa shape index (κ3) is 4.86. The van der Waals surface area contributed by atoms with E-state index < -0.39 is 10.8 Å². The fourth-order valence-corrected chi connectivity index (χ4v) is 2.33. The number of nitro benzene ring substituents is 1. The first-order chi connectivity index (χ1) is 12.3. The molecular formula is C16H9Cl3N4O3. The number of halogens is 3. The van der Waals surface area contributed by atoms with Crippen molar-refractivity contribution in [1.82, 2.24) is 0 Å². The van der Waals surface area contributed by atoms with Crippen molar-refractivity contribution in [2.24, 2.45) is 0 Å². The van der Waals surface area contributed by atoms with E-state index in [1.165, 1.54) is 18.2 Å². The van der Waals surface area contributed by atoms with Gasteiger partial charge in [0.1, 0.15) is 11.6 Å². The molecule has 0 fully saturated rings. The maximum Gasteiger partial charge on any atom is 0.271 e. The van der Waals surface area contributed by atoms with Gasteiger partial charge in [0, 0.05) is 23.4 Å². The molecular weight excluding hydrogens is 403 g/mol. The average molecular weight is 412 g/mol. The molecule has 26 heavy (non-hydrogen) atoms. The molecule has 1 amide bonds. The van der Waals surface area contributed by atoms with Gasteiger partial charge in [-0.3, -0.25) is 14.9 Å². The van der Waals surface area contributed by atoms with Crippen LogP contribution < -0.4 is 10.6 Å². The molecule has 10 heteroatoms. The minimum atomic E-state index is -0.805. The van der Waals surface area contributed by atoms with Crippen molar-refractivity contribution < 1.29 is 9.72 Å². The smallest absolute Gasteiger partial charge is 0.271 e. The Morgan fingerprint density at radius 1 is 1.12 bits per heavy atom. The average Bonchev–Trinajstić information content (AvgIpc) is 2.60. The first-order valence-electron chi connectivity index (χ1n) is 6.89. The second-order valence-corrected chi connectivity index (χ2v) is 6.06. The highest BCUT2D eigenvalue weighted by molar-refractivity contribution is 6.35. The topological polar surface area (TPSA) is 108 Å². The summed E-state index contributed by atoms with van der Waals surface area (Å²) in [6.45, 7) is 0. The third-order valence-electron chi connectivity index (χ3n) is 3.07. The molecule has 2 aromatic rings. The Kier molecular flexibility index (Phi) is 6.41. The second kappa shape index (κ2) is 8.54. The number of nitrogens with one attached hydrogen (secondary N) is 2. The lowest BCUT2D eigenvalue weighted by Gasteiger charge is -2.08. The summed E-state index contributed by atoms with van der Waals surface area (Å²) in [6, 6.07) is 9.93. The van der Waals surface area contributed by atoms with Crippen LogP contribution in [0.25, 0.3) is 0 Å². The Morgan fingerprint density at radius 3 is 2.42 bits per heavy atom. The van der Waals surface area contributed by atoms with Gasteiger partial charge < -0.3 is 10.6 Å². The number of carbonyl (C=O) groups is 1. The highest BCUT2D eigenvalue weighted by Crippen LogP contribution is 2.28. The summed E-state index contributed by atoms with van der Waals surface area (Å²) in [4.78, 5) is 22.4. The lowest BCUT2D eigenvalue weighted by atomic mass is 10.2. The van der Waals surface area contributed by atoms with Crippen molar-refractivity contribution in [3.8, 4) is 6.07 Å². The number of rotatable bonds is 5. The molecule has 0 radical (unpaired) electrons. The van der Waals surface area contributed by atoms with Crippen LogP contribution in [0.4, 0.5) is 17.1 Å². The predicted octanol–water partition coefficient (Wildman–Crippen LogP) is 5.01. The minimum absolute atomic E-state index is 0.00723. The van der Waals surface area contributed by atoms with Gasteiger partial charge in [-0.05, 0) is 24.3 Å². The largest absolute Gasteiger partial charge is 0.359 e. The predicted molar refractivity (Wildman–Crippen MR) is 101 cm³/mol. The Labute approximate surface area is 162 Å². The Morgan fingerprint density at radius 2 is 1.77 bits per heavy atom. The van der Waals surface area contributed by atoms with Crippen LogP contribution in [0.3, 0.4) is 0 Å². The first kappa shape index (κ1) is 19.5. The summed E-state index contributed by atoms with van der Waals surface area (Å²) in [7, 11) is 0. The molecule has 0 aromatic heterocycles. The molecule has 7 nitrogen and oxygen atoms in total. The molecule has 2 aromatic carbocycles. The van der Waals surface area contributed by atoms with Crippen molar-refractivity contribution >= 4 is 57.8 Å². The number of amides is 1. The van der Waals surface area contributed by atoms with Crippen LogP contribution in [0.2, 0.25) is 15.1 Å². The zero-order chi connectivity index (χ0) is 19.3. The quantitative estimate of drug-likeness (QED) is 0.311. The van der Waals surface area contributed by atoms with E-state index in [9.17, 15) is 14.9 Å². The van der Waals surface area contributed by atoms with Crippen molar-refractivity contribution in [1.29, 1.82) is 5.26 Å². The van der Waals surface area contributed by atoms with Crippen molar-refractivity contribution in [3.05, 3.63) is 73.4 Å². The number of benzene rings is 2. The molecule has 0 saturated heterocycles. The fraction of sp³-hybridized carbons (Fsp3) is 0. The van der Waals surface area contributed by atoms with Gasteiger partial charge in [0.25, 0.3) is 11.6 Å². The van der Waals surface area contributed by atoms with Crippen LogP contribution in [0.15, 0.2) is 48.2 Å². The van der Waals surface area contributed by atoms with Gasteiger partial charge in [-0.25, -0.2) is 0 Å². The van der Waals surface area contributed by atoms with Crippen molar-refractivity contribution in [3.63, 3.8) is 0 Å². The Balaban J connectivity index is 2.21. The van der Waals surface area contributed by atoms with E-state index in [-0.39, 0.29) is 22.0 Å². The van der Waals surface area contributed by atoms with Gasteiger partial charge >= 0.3 is 0 Å². The van der Waals surface area contributed by atoms with Gasteiger partial charge in [0.05, 0.1) is 26.3 Å². The summed E-state index contributed by atoms with van der Waals surface area (Å²) in [5.41, 5.74) is -0.152. The summed E-state index contributed by atoms with van der Waals surface area (Å²) >= 11 is 17.8. The van der Waals surface area contributed by atoms with E-state index in [4.69, 9.17) is 40.1 Å². The Hall–Kier alpha value is -2.79. The van der Waals surface area contributed by atoms with Crippen LogP contribution in [0, 0.1) is 21.4 Å². The molecule has 0 aliphatic heterocycles. The van der Waals surface area contributed by atoms with Gasteiger partial charge in [0.2, 0.25) is 0 Å². The van der Waals surface area contributed by atoms with E-state index in [1.54, 1.807) is 18.2 Å². The molecule has 0 spiro atoms. The third-order valence-corrected chi connectivity index (χ3v) is 3.97. The lowest BCUT2D eigenvalue weighted by molar-refractivity contribution is -0.384. The Bertz CT molecular complexity index is 954. The van der Waals surface area contributed by atoms with Crippen molar-refractivity contribution in [2.45, 2.75) is 0 Å². The second-order valence-electron chi connectivity index (χ2n) is 4.81. The lowest BCUT2D eigenvalue weighted by Crippen LogP contribution is -2.15. The summed E-state index contributed by atoms with van der Waals surface area (Å²) in [5.74, 6) is -0.805. The highest BCUT2D eigenvalue weighted by Gasteiger charge is 2.15. The van der Waals surface area contributed by atoms with E-state index >= 15 is 0 Å². The molecule has 0 bridgehead atoms. The minimum Gasteiger partial charge on any atom is -0.359 e. The number of nitriles is 1. The molecule has 2 rings (SSSR count). The monoisotopic (exact) mass is 410 g/mol. The SMILES string of the molecule is N#C/C(=C/Nc1cc(Cl)ccc1Cl)C(=O)Nc1cc([N+](=O)[O-])ccc1Cl. The number of non-ortho nitro benzene ring substituents is 1. The molecule has 0 saturated carbocycles. The summed E-state index contributed by atoms with van der Waals surface area (Å²) < 4.78 is 0. The standard InChI is InChI=1S/C16H9Cl3N4O3/c17-10-1-3-12(18)14(5-10)21-8-9(7-20)16(24)22-15-6-11(23(25)26)2-4-13(15)19/h1-6,8,21H,(H,22,24)/b9-8-. The van der Waals surface area contributed by atoms with Gasteiger partial charge in [-0.1, -0.05) is 34.8 Å². The van der Waals surface area contributed by atoms with E-state index in [2.05, 4.69) is 10.6 Å². The first-order valence-corrected chi connectivity index (χ1v) is 8.02. The van der Waals surface area contributed by atoms with Crippen LogP contribution in [0.1, 0.15) is 0 Å². The normalized spacial score (nSPS) is 10.8. The number of nitro groups is 1. The van der Waals surface area contributed by atoms with Gasteiger partial charge in [-0.2, -0.15) is 5.26 Å². The maximum atomic E-state index is 12.2. The summed E-state index contributed by atoms with van der Waals surface area (Å²) in [6.07, 6.45) is 1.14. The van der Waals surface area contributed by atoms with E-state index in [1.807, 2.05) is 0 Å². The number of anilines is 2. The van der Waals surface area contributed by atoms with Crippen LogP contribution in [-0.2, 0) is 4.79 Å². The van der Waals surface area contributed by atoms with E-state index in [0.29, 0.717) is 15.7 Å². The number of hydrogen-bond donors (Lipinski definition) is 2. The molecule has 0 aliphatic carbocycles. The zero-order valence-electron chi connectivity index (χ0n) is 12.8. The number of hydrogen-bond acceptors (Lipinski definition) is 5. The molecule has 0 atom stereocenters. The van der Waals surface area contributed by atoms with Gasteiger partial charge in [-0.15, -0.1) is 0 Å². The van der Waals surface area contributed by atoms with Crippen LogP contribution in [-0.4, -0.2) is 10.8 Å². The van der Waals surface area contributed by atoms with Crippen molar-refractivity contribution in [2.75, 3.05) is 10.6 Å². The highest BCUT2D eigenvalue weighted by atomic mass is 35.5. The molecule has 2 N–H and O–H groups in total. The van der Waals surface area contributed by atoms with Gasteiger partial charge in [0.15, 0.2) is 0 Å². The maximum absolute atomic E-state index is 12.2. The van der Waals surface area contributed by atoms with Crippen LogP contribution in [0.5, 0.6) is 0 Å². The fourth-order valence-electron chi connectivity index (χ4n) is 1.82. The molecule has 0 aliphatic rings. The van der Waals surface area contributed by atoms with Crippen LogP contribution >= 0.6 is 34.8 Å². The number of carbonyl (C=O) groups excluding carboxylic acids is 1. The molecule has 132 valence electrons.